The zero-order valence-corrected chi connectivity index (χ0v) is 11.7. The van der Waals surface area contributed by atoms with Gasteiger partial charge in [0.25, 0.3) is 0 Å². The first kappa shape index (κ1) is 15.9. The van der Waals surface area contributed by atoms with Gasteiger partial charge in [0.05, 0.1) is 19.7 Å². The van der Waals surface area contributed by atoms with E-state index in [0.29, 0.717) is 25.7 Å². The molecule has 0 bridgehead atoms. The van der Waals surface area contributed by atoms with E-state index in [1.807, 2.05) is 0 Å². The highest BCUT2D eigenvalue weighted by Gasteiger charge is 2.26. The molecule has 19 heavy (non-hydrogen) atoms. The summed E-state index contributed by atoms with van der Waals surface area (Å²) in [5.74, 6) is -0.361. The second-order valence-corrected chi connectivity index (χ2v) is 4.70. The fourth-order valence-electron chi connectivity index (χ4n) is 2.12. The molecular weight excluding hydrogens is 248 g/mol. The lowest BCUT2D eigenvalue weighted by atomic mass is 10.2. The van der Waals surface area contributed by atoms with Gasteiger partial charge < -0.3 is 20.7 Å². The number of hydrogen-bond acceptors (Lipinski definition) is 5. The molecule has 2 amide bonds. The van der Waals surface area contributed by atoms with Gasteiger partial charge in [-0.1, -0.05) is 0 Å². The van der Waals surface area contributed by atoms with Crippen molar-refractivity contribution in [2.24, 2.45) is 5.73 Å². The van der Waals surface area contributed by atoms with Crippen LogP contribution in [0.4, 0.5) is 0 Å². The summed E-state index contributed by atoms with van der Waals surface area (Å²) in [4.78, 5) is 27.0. The standard InChI is InChI=1S/C12H24N4O3/c1-10-9-16(4-3-15(10)5-6-19-2)12(18)8-14-11(17)7-13/h10H,3-9,13H2,1-2H3,(H,14,17). The Morgan fingerprint density at radius 2 is 2.16 bits per heavy atom. The highest BCUT2D eigenvalue weighted by atomic mass is 16.5. The van der Waals surface area contributed by atoms with Crippen LogP contribution in [-0.2, 0) is 14.3 Å². The maximum absolute atomic E-state index is 11.9. The Labute approximate surface area is 114 Å². The van der Waals surface area contributed by atoms with E-state index < -0.39 is 0 Å². The smallest absolute Gasteiger partial charge is 0.242 e. The lowest BCUT2D eigenvalue weighted by Crippen LogP contribution is -2.55. The van der Waals surface area contributed by atoms with E-state index in [-0.39, 0.29) is 24.9 Å². The van der Waals surface area contributed by atoms with Gasteiger partial charge in [-0.2, -0.15) is 0 Å². The molecule has 0 spiro atoms. The number of hydrogen-bond donors (Lipinski definition) is 2. The van der Waals surface area contributed by atoms with Crippen molar-refractivity contribution in [3.05, 3.63) is 0 Å². The second-order valence-electron chi connectivity index (χ2n) is 4.70. The number of amides is 2. The Kier molecular flexibility index (Phi) is 6.75. The highest BCUT2D eigenvalue weighted by molar-refractivity contribution is 5.85. The topological polar surface area (TPSA) is 87.9 Å². The molecule has 1 aliphatic heterocycles. The maximum atomic E-state index is 11.9. The fraction of sp³-hybridized carbons (Fsp3) is 0.833. The number of ether oxygens (including phenoxy) is 1. The summed E-state index contributed by atoms with van der Waals surface area (Å²) in [6, 6.07) is 0.304. The molecule has 0 aromatic heterocycles. The first-order valence-electron chi connectivity index (χ1n) is 6.56. The molecule has 0 aliphatic carbocycles. The van der Waals surface area contributed by atoms with Gasteiger partial charge in [-0.3, -0.25) is 14.5 Å². The van der Waals surface area contributed by atoms with Gasteiger partial charge in [0.2, 0.25) is 11.8 Å². The van der Waals surface area contributed by atoms with E-state index >= 15 is 0 Å². The summed E-state index contributed by atoms with van der Waals surface area (Å²) in [5.41, 5.74) is 5.17. The molecule has 1 rings (SSSR count). The van der Waals surface area contributed by atoms with Crippen molar-refractivity contribution in [3.63, 3.8) is 0 Å². The molecule has 0 aromatic carbocycles. The minimum atomic E-state index is -0.305. The fourth-order valence-corrected chi connectivity index (χ4v) is 2.12. The molecule has 1 unspecified atom stereocenters. The molecule has 110 valence electrons. The largest absolute Gasteiger partial charge is 0.383 e. The van der Waals surface area contributed by atoms with Crippen LogP contribution in [0.25, 0.3) is 0 Å². The number of carbonyl (C=O) groups excluding carboxylic acids is 2. The van der Waals surface area contributed by atoms with Crippen molar-refractivity contribution in [2.75, 3.05) is 53.0 Å². The summed E-state index contributed by atoms with van der Waals surface area (Å²) < 4.78 is 5.06. The van der Waals surface area contributed by atoms with Gasteiger partial charge in [-0.05, 0) is 6.92 Å². The number of methoxy groups -OCH3 is 1. The zero-order chi connectivity index (χ0) is 14.3. The number of nitrogens with one attached hydrogen (secondary N) is 1. The quantitative estimate of drug-likeness (QED) is 0.598. The molecule has 1 aliphatic rings. The minimum absolute atomic E-state index is 0.0286. The van der Waals surface area contributed by atoms with Crippen LogP contribution >= 0.6 is 0 Å². The van der Waals surface area contributed by atoms with E-state index in [9.17, 15) is 9.59 Å². The number of nitrogens with zero attached hydrogens (tertiary/aromatic N) is 2. The van der Waals surface area contributed by atoms with E-state index in [4.69, 9.17) is 10.5 Å². The minimum Gasteiger partial charge on any atom is -0.383 e. The summed E-state index contributed by atoms with van der Waals surface area (Å²) in [7, 11) is 1.69. The lowest BCUT2D eigenvalue weighted by molar-refractivity contribution is -0.135. The Hall–Kier alpha value is -1.18. The van der Waals surface area contributed by atoms with Crippen molar-refractivity contribution in [1.29, 1.82) is 0 Å². The Bertz CT molecular complexity index is 311. The molecule has 0 aromatic rings. The van der Waals surface area contributed by atoms with E-state index in [2.05, 4.69) is 17.1 Å². The SMILES string of the molecule is COCCN1CCN(C(=O)CNC(=O)CN)CC1C. The van der Waals surface area contributed by atoms with Gasteiger partial charge >= 0.3 is 0 Å². The Balaban J connectivity index is 2.34. The lowest BCUT2D eigenvalue weighted by Gasteiger charge is -2.39. The molecule has 0 saturated carbocycles. The average molecular weight is 272 g/mol. The summed E-state index contributed by atoms with van der Waals surface area (Å²) in [5, 5.41) is 2.50. The number of carbonyl (C=O) groups is 2. The van der Waals surface area contributed by atoms with Crippen molar-refractivity contribution in [1.82, 2.24) is 15.1 Å². The van der Waals surface area contributed by atoms with Crippen LogP contribution in [0.15, 0.2) is 0 Å². The molecular formula is C12H24N4O3. The molecule has 3 N–H and O–H groups in total. The van der Waals surface area contributed by atoms with E-state index in [0.717, 1.165) is 13.1 Å². The Morgan fingerprint density at radius 1 is 1.42 bits per heavy atom. The van der Waals surface area contributed by atoms with E-state index in [1.165, 1.54) is 0 Å². The van der Waals surface area contributed by atoms with Gasteiger partial charge in [0.15, 0.2) is 0 Å². The number of piperazine rings is 1. The molecule has 1 atom stereocenters. The zero-order valence-electron chi connectivity index (χ0n) is 11.7. The van der Waals surface area contributed by atoms with E-state index in [1.54, 1.807) is 12.0 Å². The Morgan fingerprint density at radius 3 is 2.74 bits per heavy atom. The molecule has 7 nitrogen and oxygen atoms in total. The van der Waals surface area contributed by atoms with Gasteiger partial charge in [-0.15, -0.1) is 0 Å². The van der Waals surface area contributed by atoms with Crippen molar-refractivity contribution in [2.45, 2.75) is 13.0 Å². The van der Waals surface area contributed by atoms with Gasteiger partial charge in [-0.25, -0.2) is 0 Å². The van der Waals surface area contributed by atoms with Crippen LogP contribution in [-0.4, -0.2) is 80.6 Å². The third-order valence-electron chi connectivity index (χ3n) is 3.32. The second kappa shape index (κ2) is 8.08. The third kappa shape index (κ3) is 5.14. The molecule has 1 heterocycles. The maximum Gasteiger partial charge on any atom is 0.242 e. The molecule has 0 radical (unpaired) electrons. The van der Waals surface area contributed by atoms with Gasteiger partial charge in [0, 0.05) is 39.3 Å². The predicted molar refractivity (Wildman–Crippen MR) is 71.6 cm³/mol. The van der Waals surface area contributed by atoms with Crippen LogP contribution in [0.2, 0.25) is 0 Å². The highest BCUT2D eigenvalue weighted by Crippen LogP contribution is 2.09. The summed E-state index contributed by atoms with van der Waals surface area (Å²) in [6.45, 7) is 5.81. The summed E-state index contributed by atoms with van der Waals surface area (Å²) >= 11 is 0. The predicted octanol–water partition coefficient (Wildman–Crippen LogP) is -1.76. The first-order chi connectivity index (χ1) is 9.08. The van der Waals surface area contributed by atoms with Crippen LogP contribution in [0.5, 0.6) is 0 Å². The summed E-state index contributed by atoms with van der Waals surface area (Å²) in [6.07, 6.45) is 0. The van der Waals surface area contributed by atoms with Gasteiger partial charge in [0.1, 0.15) is 0 Å². The van der Waals surface area contributed by atoms with Crippen LogP contribution in [0.3, 0.4) is 0 Å². The van der Waals surface area contributed by atoms with Crippen LogP contribution < -0.4 is 11.1 Å². The third-order valence-corrected chi connectivity index (χ3v) is 3.32. The van der Waals surface area contributed by atoms with Crippen molar-refractivity contribution >= 4 is 11.8 Å². The van der Waals surface area contributed by atoms with Crippen molar-refractivity contribution < 1.29 is 14.3 Å². The molecule has 1 fully saturated rings. The monoisotopic (exact) mass is 272 g/mol. The van der Waals surface area contributed by atoms with Crippen LogP contribution in [0, 0.1) is 0 Å². The average Bonchev–Trinajstić information content (AvgIpc) is 2.42. The molecule has 1 saturated heterocycles. The molecule has 7 heteroatoms. The van der Waals surface area contributed by atoms with Crippen molar-refractivity contribution in [3.8, 4) is 0 Å². The first-order valence-corrected chi connectivity index (χ1v) is 6.56. The van der Waals surface area contributed by atoms with Crippen LogP contribution in [0.1, 0.15) is 6.92 Å². The number of nitrogens with two attached hydrogens (primary N) is 1. The normalized spacial score (nSPS) is 20.4. The number of rotatable bonds is 6.